The van der Waals surface area contributed by atoms with Crippen LogP contribution in [0.5, 0.6) is 0 Å². The zero-order valence-electron chi connectivity index (χ0n) is 5.70. The van der Waals surface area contributed by atoms with Gasteiger partial charge in [0.1, 0.15) is 5.65 Å². The van der Waals surface area contributed by atoms with Gasteiger partial charge in [-0.3, -0.25) is 4.40 Å². The Labute approximate surface area is 59.1 Å². The van der Waals surface area contributed by atoms with Crippen LogP contribution in [-0.2, 0) is 0 Å². The van der Waals surface area contributed by atoms with Crippen LogP contribution >= 0.6 is 0 Å². The molecule has 2 rings (SSSR count). The van der Waals surface area contributed by atoms with E-state index in [1.807, 2.05) is 29.7 Å². The van der Waals surface area contributed by atoms with Crippen molar-refractivity contribution in [2.45, 2.75) is 6.92 Å². The molecule has 2 aromatic rings. The maximum absolute atomic E-state index is 4.13. The molecular formula is C8H7N2. The Morgan fingerprint density at radius 3 is 3.30 bits per heavy atom. The lowest BCUT2D eigenvalue weighted by atomic mass is 10.3. The lowest BCUT2D eigenvalue weighted by Crippen LogP contribution is -1.84. The molecule has 0 bridgehead atoms. The summed E-state index contributed by atoms with van der Waals surface area (Å²) in [5.41, 5.74) is 2.17. The molecule has 0 aromatic carbocycles. The van der Waals surface area contributed by atoms with Gasteiger partial charge in [-0.1, -0.05) is 6.07 Å². The van der Waals surface area contributed by atoms with E-state index in [0.717, 1.165) is 5.65 Å². The molecule has 2 heteroatoms. The fourth-order valence-corrected chi connectivity index (χ4v) is 1.03. The summed E-state index contributed by atoms with van der Waals surface area (Å²) in [6.07, 6.45) is 6.59. The van der Waals surface area contributed by atoms with E-state index in [9.17, 15) is 0 Å². The van der Waals surface area contributed by atoms with E-state index in [2.05, 4.69) is 11.2 Å². The second-order valence-corrected chi connectivity index (χ2v) is 2.27. The van der Waals surface area contributed by atoms with E-state index < -0.39 is 0 Å². The summed E-state index contributed by atoms with van der Waals surface area (Å²) in [7, 11) is 0. The molecule has 2 aromatic heterocycles. The highest BCUT2D eigenvalue weighted by atomic mass is 15.0. The van der Waals surface area contributed by atoms with E-state index in [1.165, 1.54) is 5.56 Å². The quantitative estimate of drug-likeness (QED) is 0.529. The van der Waals surface area contributed by atoms with Crippen molar-refractivity contribution >= 4 is 5.65 Å². The Morgan fingerprint density at radius 1 is 1.60 bits per heavy atom. The fourth-order valence-electron chi connectivity index (χ4n) is 1.03. The monoisotopic (exact) mass is 131 g/mol. The molecule has 0 N–H and O–H groups in total. The Morgan fingerprint density at radius 2 is 2.50 bits per heavy atom. The normalized spacial score (nSPS) is 10.5. The summed E-state index contributed by atoms with van der Waals surface area (Å²) >= 11 is 0. The van der Waals surface area contributed by atoms with Crippen LogP contribution in [0.3, 0.4) is 0 Å². The molecule has 2 heterocycles. The van der Waals surface area contributed by atoms with Gasteiger partial charge in [0.05, 0.1) is 12.4 Å². The highest BCUT2D eigenvalue weighted by Gasteiger charge is 1.94. The highest BCUT2D eigenvalue weighted by molar-refractivity contribution is 5.45. The molecule has 0 aliphatic carbocycles. The summed E-state index contributed by atoms with van der Waals surface area (Å²) < 4.78 is 1.88. The maximum atomic E-state index is 4.13. The number of nitrogens with zero attached hydrogens (tertiary/aromatic N) is 2. The van der Waals surface area contributed by atoms with Gasteiger partial charge in [0, 0.05) is 6.20 Å². The Kier molecular flexibility index (Phi) is 1.01. The molecule has 0 aliphatic heterocycles. The van der Waals surface area contributed by atoms with Crippen molar-refractivity contribution in [2.24, 2.45) is 0 Å². The molecule has 49 valence electrons. The summed E-state index contributed by atoms with van der Waals surface area (Å²) in [5.74, 6) is 0. The van der Waals surface area contributed by atoms with Gasteiger partial charge in [-0.2, -0.15) is 0 Å². The molecule has 0 saturated carbocycles. The van der Waals surface area contributed by atoms with Crippen LogP contribution in [0.1, 0.15) is 5.56 Å². The second-order valence-electron chi connectivity index (χ2n) is 2.27. The van der Waals surface area contributed by atoms with E-state index in [1.54, 1.807) is 6.20 Å². The number of aromatic nitrogens is 2. The van der Waals surface area contributed by atoms with Gasteiger partial charge >= 0.3 is 0 Å². The summed E-state index contributed by atoms with van der Waals surface area (Å²) in [4.78, 5) is 4.13. The molecule has 0 unspecified atom stereocenters. The van der Waals surface area contributed by atoms with Crippen LogP contribution in [0, 0.1) is 13.1 Å². The van der Waals surface area contributed by atoms with E-state index in [4.69, 9.17) is 0 Å². The standard InChI is InChI=1S/C8H7N2/c1-7-3-2-5-10-6-4-9-8(7)10/h2-5H,1H3. The number of imidazole rings is 1. The van der Waals surface area contributed by atoms with Crippen LogP contribution in [0.4, 0.5) is 0 Å². The Hall–Kier alpha value is -1.31. The first-order valence-electron chi connectivity index (χ1n) is 3.18. The topological polar surface area (TPSA) is 17.3 Å². The van der Waals surface area contributed by atoms with Crippen molar-refractivity contribution in [3.63, 3.8) is 0 Å². The number of aryl methyl sites for hydroxylation is 1. The lowest BCUT2D eigenvalue weighted by molar-refractivity contribution is 1.15. The fraction of sp³-hybridized carbons (Fsp3) is 0.125. The smallest absolute Gasteiger partial charge is 0.140 e. The third kappa shape index (κ3) is 0.620. The van der Waals surface area contributed by atoms with Crippen molar-refractivity contribution in [2.75, 3.05) is 0 Å². The molecule has 0 spiro atoms. The SMILES string of the molecule is Cc1cccn2[c]cnc12. The van der Waals surface area contributed by atoms with Gasteiger partial charge in [-0.05, 0) is 18.6 Å². The van der Waals surface area contributed by atoms with Crippen molar-refractivity contribution in [3.8, 4) is 0 Å². The zero-order chi connectivity index (χ0) is 6.97. The molecular weight excluding hydrogens is 124 g/mol. The van der Waals surface area contributed by atoms with Crippen molar-refractivity contribution in [3.05, 3.63) is 36.3 Å². The van der Waals surface area contributed by atoms with Crippen LogP contribution in [0.15, 0.2) is 24.5 Å². The van der Waals surface area contributed by atoms with Gasteiger partial charge in [-0.25, -0.2) is 4.98 Å². The van der Waals surface area contributed by atoms with Crippen LogP contribution < -0.4 is 0 Å². The number of fused-ring (bicyclic) bond motifs is 1. The minimum absolute atomic E-state index is 0.988. The van der Waals surface area contributed by atoms with Crippen LogP contribution in [-0.4, -0.2) is 9.38 Å². The molecule has 0 fully saturated rings. The van der Waals surface area contributed by atoms with Gasteiger partial charge in [0.15, 0.2) is 0 Å². The molecule has 0 saturated heterocycles. The third-order valence-electron chi connectivity index (χ3n) is 1.55. The van der Waals surface area contributed by atoms with Gasteiger partial charge in [0.2, 0.25) is 0 Å². The van der Waals surface area contributed by atoms with E-state index in [-0.39, 0.29) is 0 Å². The van der Waals surface area contributed by atoms with Gasteiger partial charge < -0.3 is 0 Å². The first-order chi connectivity index (χ1) is 4.88. The number of hydrogen-bond acceptors (Lipinski definition) is 1. The molecule has 0 amide bonds. The molecule has 10 heavy (non-hydrogen) atoms. The van der Waals surface area contributed by atoms with E-state index >= 15 is 0 Å². The number of hydrogen-bond donors (Lipinski definition) is 0. The second kappa shape index (κ2) is 1.84. The third-order valence-corrected chi connectivity index (χ3v) is 1.55. The van der Waals surface area contributed by atoms with Crippen molar-refractivity contribution in [1.29, 1.82) is 0 Å². The average Bonchev–Trinajstić information content (AvgIpc) is 2.36. The van der Waals surface area contributed by atoms with Crippen LogP contribution in [0.2, 0.25) is 0 Å². The predicted octanol–water partition coefficient (Wildman–Crippen LogP) is 1.44. The number of pyridine rings is 1. The largest absolute Gasteiger partial charge is 0.298 e. The molecule has 1 radical (unpaired) electrons. The Bertz CT molecular complexity index is 349. The highest BCUT2D eigenvalue weighted by Crippen LogP contribution is 2.04. The molecule has 0 atom stereocenters. The maximum Gasteiger partial charge on any atom is 0.140 e. The first kappa shape index (κ1) is 5.47. The Balaban J connectivity index is 2.95. The number of rotatable bonds is 0. The first-order valence-corrected chi connectivity index (χ1v) is 3.18. The predicted molar refractivity (Wildman–Crippen MR) is 38.8 cm³/mol. The summed E-state index contributed by atoms with van der Waals surface area (Å²) in [6.45, 7) is 2.04. The minimum atomic E-state index is 0.988. The summed E-state index contributed by atoms with van der Waals surface area (Å²) in [6, 6.07) is 4.02. The molecule has 2 nitrogen and oxygen atoms in total. The molecule has 0 aliphatic rings. The van der Waals surface area contributed by atoms with E-state index in [0.29, 0.717) is 0 Å². The lowest BCUT2D eigenvalue weighted by Gasteiger charge is -1.93. The van der Waals surface area contributed by atoms with Crippen LogP contribution in [0.25, 0.3) is 5.65 Å². The zero-order valence-corrected chi connectivity index (χ0v) is 5.70. The van der Waals surface area contributed by atoms with Crippen molar-refractivity contribution < 1.29 is 0 Å². The summed E-state index contributed by atoms with van der Waals surface area (Å²) in [5, 5.41) is 0. The van der Waals surface area contributed by atoms with Gasteiger partial charge in [0.25, 0.3) is 0 Å². The van der Waals surface area contributed by atoms with Gasteiger partial charge in [-0.15, -0.1) is 0 Å². The van der Waals surface area contributed by atoms with Crippen molar-refractivity contribution in [1.82, 2.24) is 9.38 Å². The average molecular weight is 131 g/mol. The minimum Gasteiger partial charge on any atom is -0.298 e.